The van der Waals surface area contributed by atoms with Crippen LogP contribution in [-0.2, 0) is 4.74 Å². The molecule has 19 heavy (non-hydrogen) atoms. The van der Waals surface area contributed by atoms with Crippen molar-refractivity contribution in [3.8, 4) is 0 Å². The first-order valence-corrected chi connectivity index (χ1v) is 7.25. The fourth-order valence-electron chi connectivity index (χ4n) is 1.49. The summed E-state index contributed by atoms with van der Waals surface area (Å²) in [6, 6.07) is 4.39. The molecule has 0 aromatic heterocycles. The maximum Gasteiger partial charge on any atom is 0.254 e. The molecule has 0 fully saturated rings. The van der Waals surface area contributed by atoms with Crippen molar-refractivity contribution in [2.24, 2.45) is 0 Å². The molecule has 0 saturated carbocycles. The zero-order valence-electron chi connectivity index (χ0n) is 11.0. The van der Waals surface area contributed by atoms with E-state index in [1.807, 2.05) is 0 Å². The Kier molecular flexibility index (Phi) is 7.67. The van der Waals surface area contributed by atoms with Crippen LogP contribution in [0.4, 0.5) is 4.39 Å². The molecule has 5 heteroatoms. The van der Waals surface area contributed by atoms with Crippen LogP contribution in [0.2, 0.25) is 0 Å². The number of ether oxygens (including phenoxy) is 1. The summed E-state index contributed by atoms with van der Waals surface area (Å²) in [6.45, 7) is 3.96. The highest BCUT2D eigenvalue weighted by Crippen LogP contribution is 2.15. The Morgan fingerprint density at radius 1 is 1.37 bits per heavy atom. The van der Waals surface area contributed by atoms with Crippen LogP contribution in [0, 0.1) is 5.82 Å². The molecule has 1 aromatic rings. The normalized spacial score (nSPS) is 10.5. The standard InChI is InChI=1S/C14H19BrFNO2/c1-2-3-8-19-9-4-7-17-14(18)12-6-5-11(15)10-13(12)16/h5-6,10H,2-4,7-9H2,1H3,(H,17,18). The maximum atomic E-state index is 13.5. The Balaban J connectivity index is 2.24. The number of benzene rings is 1. The van der Waals surface area contributed by atoms with Crippen molar-refractivity contribution in [2.45, 2.75) is 26.2 Å². The number of nitrogens with one attached hydrogen (secondary N) is 1. The van der Waals surface area contributed by atoms with Crippen LogP contribution >= 0.6 is 15.9 Å². The molecule has 1 rings (SSSR count). The van der Waals surface area contributed by atoms with Gasteiger partial charge in [-0.25, -0.2) is 4.39 Å². The molecule has 0 saturated heterocycles. The maximum absolute atomic E-state index is 13.5. The summed E-state index contributed by atoms with van der Waals surface area (Å²) in [6.07, 6.45) is 2.89. The number of unbranched alkanes of at least 4 members (excludes halogenated alkanes) is 1. The van der Waals surface area contributed by atoms with Gasteiger partial charge in [0.2, 0.25) is 0 Å². The summed E-state index contributed by atoms with van der Waals surface area (Å²) in [5.41, 5.74) is 0.0649. The number of halogens is 2. The quantitative estimate of drug-likeness (QED) is 0.740. The van der Waals surface area contributed by atoms with Gasteiger partial charge in [0.1, 0.15) is 5.82 Å². The number of rotatable bonds is 8. The molecule has 0 bridgehead atoms. The summed E-state index contributed by atoms with van der Waals surface area (Å²) in [4.78, 5) is 11.7. The topological polar surface area (TPSA) is 38.3 Å². The summed E-state index contributed by atoms with van der Waals surface area (Å²) < 4.78 is 19.5. The lowest BCUT2D eigenvalue weighted by atomic mass is 10.2. The van der Waals surface area contributed by atoms with E-state index in [0.29, 0.717) is 17.6 Å². The highest BCUT2D eigenvalue weighted by atomic mass is 79.9. The molecular formula is C14H19BrFNO2. The van der Waals surface area contributed by atoms with Crippen LogP contribution in [-0.4, -0.2) is 25.7 Å². The zero-order chi connectivity index (χ0) is 14.1. The Bertz CT molecular complexity index is 412. The smallest absolute Gasteiger partial charge is 0.254 e. The molecule has 0 aliphatic rings. The predicted molar refractivity (Wildman–Crippen MR) is 76.8 cm³/mol. The van der Waals surface area contributed by atoms with Gasteiger partial charge in [-0.05, 0) is 31.0 Å². The van der Waals surface area contributed by atoms with Gasteiger partial charge in [0, 0.05) is 24.2 Å². The summed E-state index contributed by atoms with van der Waals surface area (Å²) in [5.74, 6) is -0.912. The first kappa shape index (κ1) is 16.1. The van der Waals surface area contributed by atoms with E-state index in [1.54, 1.807) is 6.07 Å². The molecule has 106 valence electrons. The predicted octanol–water partition coefficient (Wildman–Crippen LogP) is 3.52. The van der Waals surface area contributed by atoms with Gasteiger partial charge in [-0.15, -0.1) is 0 Å². The van der Waals surface area contributed by atoms with Crippen molar-refractivity contribution in [1.82, 2.24) is 5.32 Å². The first-order valence-electron chi connectivity index (χ1n) is 6.46. The van der Waals surface area contributed by atoms with Crippen molar-refractivity contribution < 1.29 is 13.9 Å². The number of carbonyl (C=O) groups is 1. The minimum absolute atomic E-state index is 0.0649. The van der Waals surface area contributed by atoms with Crippen LogP contribution in [0.5, 0.6) is 0 Å². The van der Waals surface area contributed by atoms with Crippen LogP contribution < -0.4 is 5.32 Å². The van der Waals surface area contributed by atoms with Crippen molar-refractivity contribution in [3.63, 3.8) is 0 Å². The van der Waals surface area contributed by atoms with E-state index in [4.69, 9.17) is 4.74 Å². The molecule has 0 aliphatic heterocycles. The Morgan fingerprint density at radius 2 is 2.11 bits per heavy atom. The summed E-state index contributed by atoms with van der Waals surface area (Å²) in [5, 5.41) is 2.68. The van der Waals surface area contributed by atoms with E-state index in [-0.39, 0.29) is 5.56 Å². The van der Waals surface area contributed by atoms with E-state index < -0.39 is 11.7 Å². The second-order valence-corrected chi connectivity index (χ2v) is 5.12. The van der Waals surface area contributed by atoms with E-state index in [1.165, 1.54) is 12.1 Å². The van der Waals surface area contributed by atoms with Gasteiger partial charge < -0.3 is 10.1 Å². The van der Waals surface area contributed by atoms with Crippen LogP contribution in [0.1, 0.15) is 36.5 Å². The van der Waals surface area contributed by atoms with E-state index in [9.17, 15) is 9.18 Å². The van der Waals surface area contributed by atoms with Crippen LogP contribution in [0.15, 0.2) is 22.7 Å². The monoisotopic (exact) mass is 331 g/mol. The minimum atomic E-state index is -0.522. The zero-order valence-corrected chi connectivity index (χ0v) is 12.6. The molecule has 1 aromatic carbocycles. The number of hydrogen-bond acceptors (Lipinski definition) is 2. The van der Waals surface area contributed by atoms with Gasteiger partial charge in [-0.3, -0.25) is 4.79 Å². The molecule has 0 spiro atoms. The van der Waals surface area contributed by atoms with Crippen molar-refractivity contribution in [1.29, 1.82) is 0 Å². The Labute approximate surface area is 121 Å². The molecule has 3 nitrogen and oxygen atoms in total. The van der Waals surface area contributed by atoms with Gasteiger partial charge in [0.25, 0.3) is 5.91 Å². The molecule has 0 atom stereocenters. The lowest BCUT2D eigenvalue weighted by Crippen LogP contribution is -2.26. The first-order chi connectivity index (χ1) is 9.15. The number of amides is 1. The summed E-state index contributed by atoms with van der Waals surface area (Å²) in [7, 11) is 0. The van der Waals surface area contributed by atoms with E-state index in [2.05, 4.69) is 28.2 Å². The Hall–Kier alpha value is -0.940. The largest absolute Gasteiger partial charge is 0.381 e. The fourth-order valence-corrected chi connectivity index (χ4v) is 1.83. The molecular weight excluding hydrogens is 313 g/mol. The number of carbonyl (C=O) groups excluding carboxylic acids is 1. The summed E-state index contributed by atoms with van der Waals surface area (Å²) >= 11 is 3.15. The van der Waals surface area contributed by atoms with Gasteiger partial charge in [0.05, 0.1) is 5.56 Å². The fraction of sp³-hybridized carbons (Fsp3) is 0.500. The third-order valence-corrected chi connectivity index (χ3v) is 3.06. The van der Waals surface area contributed by atoms with Crippen molar-refractivity contribution in [2.75, 3.05) is 19.8 Å². The van der Waals surface area contributed by atoms with Crippen LogP contribution in [0.3, 0.4) is 0 Å². The molecule has 1 N–H and O–H groups in total. The molecule has 0 radical (unpaired) electrons. The van der Waals surface area contributed by atoms with Gasteiger partial charge in [-0.2, -0.15) is 0 Å². The van der Waals surface area contributed by atoms with E-state index >= 15 is 0 Å². The van der Waals surface area contributed by atoms with Crippen molar-refractivity contribution >= 4 is 21.8 Å². The minimum Gasteiger partial charge on any atom is -0.381 e. The van der Waals surface area contributed by atoms with E-state index in [0.717, 1.165) is 25.9 Å². The average molecular weight is 332 g/mol. The third kappa shape index (κ3) is 6.16. The number of hydrogen-bond donors (Lipinski definition) is 1. The Morgan fingerprint density at radius 3 is 2.79 bits per heavy atom. The highest BCUT2D eigenvalue weighted by Gasteiger charge is 2.10. The average Bonchev–Trinajstić information content (AvgIpc) is 2.37. The lowest BCUT2D eigenvalue weighted by molar-refractivity contribution is 0.0936. The lowest BCUT2D eigenvalue weighted by Gasteiger charge is -2.07. The highest BCUT2D eigenvalue weighted by molar-refractivity contribution is 9.10. The molecule has 0 aliphatic carbocycles. The van der Waals surface area contributed by atoms with Gasteiger partial charge in [-0.1, -0.05) is 29.3 Å². The van der Waals surface area contributed by atoms with Gasteiger partial charge >= 0.3 is 0 Å². The molecule has 1 amide bonds. The molecule has 0 heterocycles. The van der Waals surface area contributed by atoms with Crippen molar-refractivity contribution in [3.05, 3.63) is 34.1 Å². The second-order valence-electron chi connectivity index (χ2n) is 4.20. The van der Waals surface area contributed by atoms with Gasteiger partial charge in [0.15, 0.2) is 0 Å². The SMILES string of the molecule is CCCCOCCCNC(=O)c1ccc(Br)cc1F. The third-order valence-electron chi connectivity index (χ3n) is 2.57. The van der Waals surface area contributed by atoms with Crippen LogP contribution in [0.25, 0.3) is 0 Å². The second kappa shape index (κ2) is 9.04. The molecule has 0 unspecified atom stereocenters.